The van der Waals surface area contributed by atoms with Crippen molar-refractivity contribution < 1.29 is 13.2 Å². The van der Waals surface area contributed by atoms with Gasteiger partial charge in [-0.3, -0.25) is 9.67 Å². The lowest BCUT2D eigenvalue weighted by Gasteiger charge is -2.11. The summed E-state index contributed by atoms with van der Waals surface area (Å²) < 4.78 is 39.4. The molecule has 0 saturated heterocycles. The summed E-state index contributed by atoms with van der Waals surface area (Å²) in [5.74, 6) is 0. The van der Waals surface area contributed by atoms with E-state index in [-0.39, 0.29) is 11.4 Å². The molecule has 83 valence electrons. The van der Waals surface area contributed by atoms with E-state index in [0.29, 0.717) is 0 Å². The average molecular weight is 226 g/mol. The zero-order valence-electron chi connectivity index (χ0n) is 8.28. The van der Waals surface area contributed by atoms with Crippen molar-refractivity contribution in [2.75, 3.05) is 0 Å². The van der Waals surface area contributed by atoms with Crippen LogP contribution in [0.5, 0.6) is 0 Å². The van der Waals surface area contributed by atoms with Crippen LogP contribution in [0.4, 0.5) is 13.2 Å². The minimum atomic E-state index is -4.42. The van der Waals surface area contributed by atoms with Crippen LogP contribution in [0, 0.1) is 6.20 Å². The van der Waals surface area contributed by atoms with Crippen LogP contribution in [-0.4, -0.2) is 14.8 Å². The summed E-state index contributed by atoms with van der Waals surface area (Å²) in [4.78, 5) is 3.75. The second kappa shape index (κ2) is 3.62. The number of pyridine rings is 1. The lowest BCUT2D eigenvalue weighted by molar-refractivity contribution is -0.137. The van der Waals surface area contributed by atoms with Gasteiger partial charge in [-0.2, -0.15) is 18.3 Å². The molecule has 0 N–H and O–H groups in total. The first kappa shape index (κ1) is 10.7. The largest absolute Gasteiger partial charge is 0.418 e. The van der Waals surface area contributed by atoms with Crippen LogP contribution in [-0.2, 0) is 13.2 Å². The van der Waals surface area contributed by atoms with E-state index >= 15 is 0 Å². The zero-order chi connectivity index (χ0) is 11.8. The molecular formula is C10H7F3N3. The lowest BCUT2D eigenvalue weighted by atomic mass is 10.1. The molecule has 0 amide bonds. The van der Waals surface area contributed by atoms with Crippen LogP contribution < -0.4 is 0 Å². The molecule has 0 aromatic carbocycles. The van der Waals surface area contributed by atoms with Gasteiger partial charge in [-0.25, -0.2) is 0 Å². The monoisotopic (exact) mass is 226 g/mol. The van der Waals surface area contributed by atoms with Crippen molar-refractivity contribution in [2.45, 2.75) is 6.18 Å². The van der Waals surface area contributed by atoms with E-state index in [0.717, 1.165) is 6.07 Å². The molecule has 2 heterocycles. The summed E-state index contributed by atoms with van der Waals surface area (Å²) >= 11 is 0. The van der Waals surface area contributed by atoms with Gasteiger partial charge < -0.3 is 0 Å². The van der Waals surface area contributed by atoms with Gasteiger partial charge in [0.15, 0.2) is 0 Å². The third-order valence-electron chi connectivity index (χ3n) is 2.11. The quantitative estimate of drug-likeness (QED) is 0.747. The van der Waals surface area contributed by atoms with Crippen LogP contribution in [0.25, 0.3) is 11.4 Å². The molecule has 2 rings (SSSR count). The Bertz CT molecular complexity index is 502. The van der Waals surface area contributed by atoms with Crippen LogP contribution in [0.1, 0.15) is 5.56 Å². The maximum absolute atomic E-state index is 12.7. The summed E-state index contributed by atoms with van der Waals surface area (Å²) in [6, 6.07) is 3.62. The summed E-state index contributed by atoms with van der Waals surface area (Å²) in [7, 11) is 1.54. The Balaban J connectivity index is 2.62. The number of aromatic nitrogens is 3. The molecule has 0 unspecified atom stereocenters. The van der Waals surface area contributed by atoms with Crippen LogP contribution in [0.2, 0.25) is 0 Å². The molecular weight excluding hydrogens is 219 g/mol. The summed E-state index contributed by atoms with van der Waals surface area (Å²) in [5.41, 5.74) is -0.619. The molecule has 0 spiro atoms. The molecule has 0 aliphatic rings. The highest BCUT2D eigenvalue weighted by Gasteiger charge is 2.34. The van der Waals surface area contributed by atoms with E-state index in [9.17, 15) is 13.2 Å². The van der Waals surface area contributed by atoms with E-state index in [4.69, 9.17) is 0 Å². The normalized spacial score (nSPS) is 11.8. The minimum Gasteiger partial charge on any atom is -0.266 e. The summed E-state index contributed by atoms with van der Waals surface area (Å²) in [5, 5.41) is 3.70. The molecule has 0 fully saturated rings. The Morgan fingerprint density at radius 1 is 1.38 bits per heavy atom. The van der Waals surface area contributed by atoms with E-state index in [1.54, 1.807) is 7.05 Å². The van der Waals surface area contributed by atoms with Crippen molar-refractivity contribution in [1.82, 2.24) is 14.8 Å². The average Bonchev–Trinajstić information content (AvgIpc) is 2.63. The topological polar surface area (TPSA) is 30.7 Å². The van der Waals surface area contributed by atoms with E-state index in [2.05, 4.69) is 16.3 Å². The number of hydrogen-bond donors (Lipinski definition) is 0. The van der Waals surface area contributed by atoms with Gasteiger partial charge in [-0.1, -0.05) is 0 Å². The first-order chi connectivity index (χ1) is 7.50. The lowest BCUT2D eigenvalue weighted by Crippen LogP contribution is -2.09. The zero-order valence-corrected chi connectivity index (χ0v) is 8.28. The predicted molar refractivity (Wildman–Crippen MR) is 50.3 cm³/mol. The van der Waals surface area contributed by atoms with Crippen LogP contribution in [0.3, 0.4) is 0 Å². The molecule has 6 heteroatoms. The predicted octanol–water partition coefficient (Wildman–Crippen LogP) is 2.30. The number of rotatable bonds is 1. The van der Waals surface area contributed by atoms with E-state index in [1.165, 1.54) is 23.0 Å². The molecule has 0 saturated carbocycles. The number of alkyl halides is 3. The van der Waals surface area contributed by atoms with Gasteiger partial charge >= 0.3 is 6.18 Å². The fourth-order valence-corrected chi connectivity index (χ4v) is 1.38. The highest BCUT2D eigenvalue weighted by Crippen LogP contribution is 2.35. The number of aryl methyl sites for hydroxylation is 1. The Morgan fingerprint density at radius 3 is 2.69 bits per heavy atom. The van der Waals surface area contributed by atoms with Gasteiger partial charge in [-0.05, 0) is 18.2 Å². The Kier molecular flexibility index (Phi) is 2.41. The van der Waals surface area contributed by atoms with Gasteiger partial charge in [0, 0.05) is 13.2 Å². The Labute approximate surface area is 89.5 Å². The fraction of sp³-hybridized carbons (Fsp3) is 0.200. The smallest absolute Gasteiger partial charge is 0.266 e. The fourth-order valence-electron chi connectivity index (χ4n) is 1.38. The minimum absolute atomic E-state index is 0.133. The van der Waals surface area contributed by atoms with E-state index < -0.39 is 11.7 Å². The van der Waals surface area contributed by atoms with E-state index in [1.807, 2.05) is 0 Å². The van der Waals surface area contributed by atoms with Crippen molar-refractivity contribution in [1.29, 1.82) is 0 Å². The molecule has 0 aliphatic heterocycles. The summed E-state index contributed by atoms with van der Waals surface area (Å²) in [6.45, 7) is 0. The van der Waals surface area contributed by atoms with Gasteiger partial charge in [0.2, 0.25) is 0 Å². The van der Waals surface area contributed by atoms with Crippen LogP contribution >= 0.6 is 0 Å². The first-order valence-corrected chi connectivity index (χ1v) is 4.43. The number of hydrogen-bond acceptors (Lipinski definition) is 2. The van der Waals surface area contributed by atoms with Gasteiger partial charge in [-0.15, -0.1) is 0 Å². The Hall–Kier alpha value is -1.85. The molecule has 2 aromatic heterocycles. The number of halogens is 3. The Morgan fingerprint density at radius 2 is 2.12 bits per heavy atom. The third-order valence-corrected chi connectivity index (χ3v) is 2.11. The molecule has 2 aromatic rings. The maximum atomic E-state index is 12.7. The summed E-state index contributed by atoms with van der Waals surface area (Å²) in [6.07, 6.45) is -0.625. The SMILES string of the molecule is Cn1n[c]cc1-c1ncccc1C(F)(F)F. The highest BCUT2D eigenvalue weighted by atomic mass is 19.4. The number of nitrogens with zero attached hydrogens (tertiary/aromatic N) is 3. The highest BCUT2D eigenvalue weighted by molar-refractivity contribution is 5.59. The standard InChI is InChI=1S/C10H7F3N3/c1-16-8(4-6-15-16)9-7(10(11,12)13)3-2-5-14-9/h2-5H,1H3. The molecule has 3 nitrogen and oxygen atoms in total. The van der Waals surface area contributed by atoms with Crippen molar-refractivity contribution in [3.05, 3.63) is 36.2 Å². The molecule has 0 aliphatic carbocycles. The molecule has 1 radical (unpaired) electrons. The third kappa shape index (κ3) is 1.78. The first-order valence-electron chi connectivity index (χ1n) is 4.43. The molecule has 0 atom stereocenters. The maximum Gasteiger partial charge on any atom is 0.418 e. The van der Waals surface area contributed by atoms with Crippen LogP contribution in [0.15, 0.2) is 24.4 Å². The molecule has 16 heavy (non-hydrogen) atoms. The van der Waals surface area contributed by atoms with Gasteiger partial charge in [0.1, 0.15) is 11.9 Å². The second-order valence-electron chi connectivity index (χ2n) is 3.18. The van der Waals surface area contributed by atoms with Crippen molar-refractivity contribution in [2.24, 2.45) is 7.05 Å². The van der Waals surface area contributed by atoms with Crippen molar-refractivity contribution >= 4 is 0 Å². The van der Waals surface area contributed by atoms with Crippen molar-refractivity contribution in [3.8, 4) is 11.4 Å². The van der Waals surface area contributed by atoms with Gasteiger partial charge in [0.25, 0.3) is 0 Å². The second-order valence-corrected chi connectivity index (χ2v) is 3.18. The molecule has 0 bridgehead atoms. The van der Waals surface area contributed by atoms with Crippen molar-refractivity contribution in [3.63, 3.8) is 0 Å². The van der Waals surface area contributed by atoms with Gasteiger partial charge in [0.05, 0.1) is 11.3 Å².